The van der Waals surface area contributed by atoms with Crippen LogP contribution in [-0.2, 0) is 28.6 Å². The van der Waals surface area contributed by atoms with Gasteiger partial charge in [0.05, 0.1) is 0 Å². The van der Waals surface area contributed by atoms with Crippen molar-refractivity contribution < 1.29 is 28.6 Å². The predicted molar refractivity (Wildman–Crippen MR) is 303 cm³/mol. The molecule has 0 aromatic carbocycles. The number of esters is 3. The first kappa shape index (κ1) is 68.2. The molecule has 0 aromatic heterocycles. The van der Waals surface area contributed by atoms with E-state index in [4.69, 9.17) is 14.2 Å². The van der Waals surface area contributed by atoms with Gasteiger partial charge in [0.25, 0.3) is 0 Å². The van der Waals surface area contributed by atoms with Crippen molar-refractivity contribution in [3.8, 4) is 0 Å². The summed E-state index contributed by atoms with van der Waals surface area (Å²) in [5.74, 6) is -0.836. The van der Waals surface area contributed by atoms with Gasteiger partial charge in [-0.3, -0.25) is 14.4 Å². The molecule has 414 valence electrons. The van der Waals surface area contributed by atoms with Crippen molar-refractivity contribution >= 4 is 17.9 Å². The number of hydrogen-bond acceptors (Lipinski definition) is 6. The van der Waals surface area contributed by atoms with Gasteiger partial charge < -0.3 is 14.2 Å². The van der Waals surface area contributed by atoms with Crippen LogP contribution < -0.4 is 0 Å². The Balaban J connectivity index is 4.29. The highest BCUT2D eigenvalue weighted by Crippen LogP contribution is 2.18. The average molecular weight is 988 g/mol. The molecule has 0 saturated carbocycles. The summed E-state index contributed by atoms with van der Waals surface area (Å²) in [5, 5.41) is 0. The molecular formula is C64H122O6. The lowest BCUT2D eigenvalue weighted by Gasteiger charge is -2.18. The molecular weight excluding hydrogens is 865 g/mol. The molecule has 1 unspecified atom stereocenters. The lowest BCUT2D eigenvalue weighted by Crippen LogP contribution is -2.30. The van der Waals surface area contributed by atoms with Crippen molar-refractivity contribution in [3.63, 3.8) is 0 Å². The van der Waals surface area contributed by atoms with Gasteiger partial charge in [-0.25, -0.2) is 0 Å². The Bertz CT molecular complexity index is 1090. The Morgan fingerprint density at radius 1 is 0.271 bits per heavy atom. The van der Waals surface area contributed by atoms with Crippen LogP contribution in [0.3, 0.4) is 0 Å². The van der Waals surface area contributed by atoms with Gasteiger partial charge in [0, 0.05) is 19.3 Å². The molecule has 0 saturated heterocycles. The molecule has 6 nitrogen and oxygen atoms in total. The zero-order chi connectivity index (χ0) is 50.7. The molecule has 0 fully saturated rings. The maximum absolute atomic E-state index is 12.9. The van der Waals surface area contributed by atoms with E-state index in [1.165, 1.54) is 263 Å². The number of carbonyl (C=O) groups is 3. The molecule has 0 spiro atoms. The van der Waals surface area contributed by atoms with Crippen LogP contribution in [0.5, 0.6) is 0 Å². The maximum atomic E-state index is 12.9. The monoisotopic (exact) mass is 987 g/mol. The zero-order valence-electron chi connectivity index (χ0n) is 47.6. The lowest BCUT2D eigenvalue weighted by molar-refractivity contribution is -0.167. The van der Waals surface area contributed by atoms with Crippen LogP contribution in [0, 0.1) is 0 Å². The Morgan fingerprint density at radius 2 is 0.471 bits per heavy atom. The van der Waals surface area contributed by atoms with E-state index in [9.17, 15) is 14.4 Å². The third-order valence-corrected chi connectivity index (χ3v) is 14.5. The molecule has 0 rings (SSSR count). The van der Waals surface area contributed by atoms with Gasteiger partial charge in [-0.2, -0.15) is 0 Å². The van der Waals surface area contributed by atoms with Crippen LogP contribution in [0.25, 0.3) is 0 Å². The van der Waals surface area contributed by atoms with Crippen molar-refractivity contribution in [2.24, 2.45) is 0 Å². The number of rotatable bonds is 59. The normalized spacial score (nSPS) is 12.0. The second kappa shape index (κ2) is 59.7. The first-order valence-electron chi connectivity index (χ1n) is 31.7. The maximum Gasteiger partial charge on any atom is 0.306 e. The van der Waals surface area contributed by atoms with Gasteiger partial charge in [0.15, 0.2) is 6.10 Å². The van der Waals surface area contributed by atoms with E-state index >= 15 is 0 Å². The minimum atomic E-state index is -0.766. The van der Waals surface area contributed by atoms with Gasteiger partial charge in [-0.1, -0.05) is 309 Å². The Labute approximate surface area is 437 Å². The van der Waals surface area contributed by atoms with Crippen LogP contribution in [0.15, 0.2) is 12.2 Å². The van der Waals surface area contributed by atoms with E-state index in [0.717, 1.165) is 57.8 Å². The van der Waals surface area contributed by atoms with Crippen molar-refractivity contribution in [1.82, 2.24) is 0 Å². The van der Waals surface area contributed by atoms with Gasteiger partial charge in [-0.05, 0) is 44.9 Å². The van der Waals surface area contributed by atoms with E-state index < -0.39 is 6.10 Å². The molecule has 0 aromatic rings. The summed E-state index contributed by atoms with van der Waals surface area (Å²) in [4.78, 5) is 38.3. The predicted octanol–water partition coefficient (Wildman–Crippen LogP) is 21.3. The Hall–Kier alpha value is -1.85. The van der Waals surface area contributed by atoms with Crippen molar-refractivity contribution in [2.45, 2.75) is 367 Å². The summed E-state index contributed by atoms with van der Waals surface area (Å²) in [7, 11) is 0. The minimum Gasteiger partial charge on any atom is -0.462 e. The van der Waals surface area contributed by atoms with E-state index in [0.29, 0.717) is 19.3 Å². The summed E-state index contributed by atoms with van der Waals surface area (Å²) in [6.45, 7) is 6.71. The van der Waals surface area contributed by atoms with Crippen molar-refractivity contribution in [2.75, 3.05) is 13.2 Å². The number of allylic oxidation sites excluding steroid dienone is 2. The Morgan fingerprint density at radius 3 is 0.714 bits per heavy atom. The van der Waals surface area contributed by atoms with Crippen LogP contribution in [-0.4, -0.2) is 37.2 Å². The molecule has 6 heteroatoms. The topological polar surface area (TPSA) is 78.9 Å². The summed E-state index contributed by atoms with van der Waals surface area (Å²) < 4.78 is 16.9. The van der Waals surface area contributed by atoms with Gasteiger partial charge in [-0.15, -0.1) is 0 Å². The summed E-state index contributed by atoms with van der Waals surface area (Å²) in [5.41, 5.74) is 0. The summed E-state index contributed by atoms with van der Waals surface area (Å²) >= 11 is 0. The number of ether oxygens (including phenoxy) is 3. The SMILES string of the molecule is CCCCCCCC/C=C\CCCCCCCCCCCC(=O)OCC(COC(=O)CCCCCCCCCCCCCCCC)OC(=O)CCCCCCCCCCCCCCCCCCCCC. The second-order valence-electron chi connectivity index (χ2n) is 21.7. The Kier molecular flexibility index (Phi) is 58.1. The second-order valence-corrected chi connectivity index (χ2v) is 21.7. The third-order valence-electron chi connectivity index (χ3n) is 14.5. The third kappa shape index (κ3) is 57.1. The highest BCUT2D eigenvalue weighted by Gasteiger charge is 2.19. The molecule has 70 heavy (non-hydrogen) atoms. The van der Waals surface area contributed by atoms with Crippen molar-refractivity contribution in [1.29, 1.82) is 0 Å². The molecule has 0 aliphatic heterocycles. The van der Waals surface area contributed by atoms with Gasteiger partial charge >= 0.3 is 17.9 Å². The van der Waals surface area contributed by atoms with Gasteiger partial charge in [0.2, 0.25) is 0 Å². The van der Waals surface area contributed by atoms with Crippen LogP contribution in [0.2, 0.25) is 0 Å². The quantitative estimate of drug-likeness (QED) is 0.0261. The lowest BCUT2D eigenvalue weighted by atomic mass is 10.0. The van der Waals surface area contributed by atoms with E-state index in [1.807, 2.05) is 0 Å². The van der Waals surface area contributed by atoms with E-state index in [-0.39, 0.29) is 31.1 Å². The fourth-order valence-corrected chi connectivity index (χ4v) is 9.74. The van der Waals surface area contributed by atoms with Crippen molar-refractivity contribution in [3.05, 3.63) is 12.2 Å². The molecule has 0 aliphatic rings. The fourth-order valence-electron chi connectivity index (χ4n) is 9.74. The number of unbranched alkanes of at least 4 members (excludes halogenated alkanes) is 46. The summed E-state index contributed by atoms with van der Waals surface area (Å²) in [6, 6.07) is 0. The minimum absolute atomic E-state index is 0.0639. The van der Waals surface area contributed by atoms with E-state index in [1.54, 1.807) is 0 Å². The van der Waals surface area contributed by atoms with Gasteiger partial charge in [0.1, 0.15) is 13.2 Å². The molecule has 0 aliphatic carbocycles. The zero-order valence-corrected chi connectivity index (χ0v) is 47.6. The average Bonchev–Trinajstić information content (AvgIpc) is 3.36. The van der Waals surface area contributed by atoms with Crippen LogP contribution >= 0.6 is 0 Å². The standard InChI is InChI=1S/C64H122O6/c1-4-7-10-13-16-19-22-25-28-30-32-34-36-39-42-45-48-51-54-57-63(66)69-60-61(59-68-62(65)56-53-50-47-44-41-38-27-24-21-18-15-12-9-6-3)70-64(67)58-55-52-49-46-43-40-37-35-33-31-29-26-23-20-17-14-11-8-5-2/h25,28,61H,4-24,26-27,29-60H2,1-3H3/b28-25-. The molecule has 0 heterocycles. The smallest absolute Gasteiger partial charge is 0.306 e. The highest BCUT2D eigenvalue weighted by atomic mass is 16.6. The first-order chi connectivity index (χ1) is 34.5. The molecule has 0 N–H and O–H groups in total. The fraction of sp³-hybridized carbons (Fsp3) is 0.922. The molecule has 1 atom stereocenters. The van der Waals surface area contributed by atoms with Crippen LogP contribution in [0.4, 0.5) is 0 Å². The van der Waals surface area contributed by atoms with Crippen LogP contribution in [0.1, 0.15) is 361 Å². The molecule has 0 bridgehead atoms. The first-order valence-corrected chi connectivity index (χ1v) is 31.7. The largest absolute Gasteiger partial charge is 0.462 e. The number of carbonyl (C=O) groups excluding carboxylic acids is 3. The number of hydrogen-bond donors (Lipinski definition) is 0. The summed E-state index contributed by atoms with van der Waals surface area (Å²) in [6.07, 6.45) is 69.2. The highest BCUT2D eigenvalue weighted by molar-refractivity contribution is 5.71. The molecule has 0 amide bonds. The molecule has 0 radical (unpaired) electrons. The van der Waals surface area contributed by atoms with E-state index in [2.05, 4.69) is 32.9 Å².